The van der Waals surface area contributed by atoms with Gasteiger partial charge in [-0.1, -0.05) is 23.8 Å². The smallest absolute Gasteiger partial charge is 0.162 e. The molecule has 0 amide bonds. The van der Waals surface area contributed by atoms with Crippen molar-refractivity contribution >= 4 is 5.82 Å². The lowest BCUT2D eigenvalue weighted by Crippen LogP contribution is -2.10. The van der Waals surface area contributed by atoms with Gasteiger partial charge in [-0.2, -0.15) is 0 Å². The highest BCUT2D eigenvalue weighted by atomic mass is 15.3. The van der Waals surface area contributed by atoms with E-state index in [0.29, 0.717) is 11.7 Å². The van der Waals surface area contributed by atoms with Crippen molar-refractivity contribution < 1.29 is 0 Å². The van der Waals surface area contributed by atoms with E-state index in [1.807, 2.05) is 6.07 Å². The normalized spacial score (nSPS) is 14.5. The highest BCUT2D eigenvalue weighted by Crippen LogP contribution is 2.40. The molecule has 0 unspecified atom stereocenters. The van der Waals surface area contributed by atoms with E-state index in [0.717, 1.165) is 17.1 Å². The zero-order chi connectivity index (χ0) is 13.4. The monoisotopic (exact) mass is 254 g/mol. The van der Waals surface area contributed by atoms with Gasteiger partial charge in [0.1, 0.15) is 5.82 Å². The Kier molecular flexibility index (Phi) is 2.95. The standard InChI is InChI=1S/C15H18N4/c1-9-3-6-12(10(2)7-9)15-17-13(11-4-5-11)8-14(18-15)19-16/h3,6-8,11H,4-5,16H2,1-2H3,(H,17,18,19). The number of nitrogens with zero attached hydrogens (tertiary/aromatic N) is 2. The van der Waals surface area contributed by atoms with Crippen LogP contribution in [0.5, 0.6) is 0 Å². The molecule has 0 radical (unpaired) electrons. The Morgan fingerprint density at radius 3 is 2.58 bits per heavy atom. The van der Waals surface area contributed by atoms with Crippen LogP contribution in [-0.4, -0.2) is 9.97 Å². The molecular weight excluding hydrogens is 236 g/mol. The second-order valence-electron chi connectivity index (χ2n) is 5.24. The topological polar surface area (TPSA) is 63.8 Å². The molecule has 19 heavy (non-hydrogen) atoms. The molecule has 3 rings (SSSR count). The first kappa shape index (κ1) is 12.1. The number of benzene rings is 1. The quantitative estimate of drug-likeness (QED) is 0.653. The van der Waals surface area contributed by atoms with Gasteiger partial charge in [0.15, 0.2) is 5.82 Å². The number of rotatable bonds is 3. The van der Waals surface area contributed by atoms with Crippen LogP contribution in [0.4, 0.5) is 5.82 Å². The lowest BCUT2D eigenvalue weighted by Gasteiger charge is -2.09. The number of hydrogen-bond acceptors (Lipinski definition) is 4. The van der Waals surface area contributed by atoms with Crippen LogP contribution >= 0.6 is 0 Å². The van der Waals surface area contributed by atoms with Crippen LogP contribution < -0.4 is 11.3 Å². The Balaban J connectivity index is 2.10. The van der Waals surface area contributed by atoms with Gasteiger partial charge in [-0.05, 0) is 32.3 Å². The van der Waals surface area contributed by atoms with Gasteiger partial charge in [0.05, 0.1) is 0 Å². The number of nitrogen functional groups attached to an aromatic ring is 1. The van der Waals surface area contributed by atoms with Gasteiger partial charge in [-0.25, -0.2) is 15.8 Å². The average Bonchev–Trinajstić information content (AvgIpc) is 3.22. The van der Waals surface area contributed by atoms with Gasteiger partial charge in [0.25, 0.3) is 0 Å². The Morgan fingerprint density at radius 2 is 1.95 bits per heavy atom. The summed E-state index contributed by atoms with van der Waals surface area (Å²) < 4.78 is 0. The summed E-state index contributed by atoms with van der Waals surface area (Å²) in [5, 5.41) is 0. The maximum absolute atomic E-state index is 5.51. The molecule has 3 N–H and O–H groups in total. The van der Waals surface area contributed by atoms with Crippen molar-refractivity contribution in [2.24, 2.45) is 5.84 Å². The van der Waals surface area contributed by atoms with Crippen LogP contribution in [0.1, 0.15) is 35.6 Å². The van der Waals surface area contributed by atoms with Crippen LogP contribution in [0.3, 0.4) is 0 Å². The van der Waals surface area contributed by atoms with Crippen LogP contribution in [0, 0.1) is 13.8 Å². The largest absolute Gasteiger partial charge is 0.308 e. The van der Waals surface area contributed by atoms with Crippen LogP contribution in [-0.2, 0) is 0 Å². The van der Waals surface area contributed by atoms with Crippen molar-refractivity contribution in [3.63, 3.8) is 0 Å². The molecular formula is C15H18N4. The van der Waals surface area contributed by atoms with Gasteiger partial charge in [0.2, 0.25) is 0 Å². The molecule has 1 aromatic heterocycles. The van der Waals surface area contributed by atoms with Crippen molar-refractivity contribution in [2.45, 2.75) is 32.6 Å². The van der Waals surface area contributed by atoms with Crippen molar-refractivity contribution in [1.82, 2.24) is 9.97 Å². The molecule has 4 heteroatoms. The lowest BCUT2D eigenvalue weighted by molar-refractivity contribution is 0.989. The number of aromatic nitrogens is 2. The van der Waals surface area contributed by atoms with Crippen molar-refractivity contribution in [1.29, 1.82) is 0 Å². The number of anilines is 1. The van der Waals surface area contributed by atoms with E-state index in [-0.39, 0.29) is 0 Å². The molecule has 98 valence electrons. The zero-order valence-corrected chi connectivity index (χ0v) is 11.3. The molecule has 1 aliphatic rings. The highest BCUT2D eigenvalue weighted by molar-refractivity contribution is 5.62. The maximum Gasteiger partial charge on any atom is 0.162 e. The van der Waals surface area contributed by atoms with E-state index < -0.39 is 0 Å². The summed E-state index contributed by atoms with van der Waals surface area (Å²) in [5.74, 6) is 7.54. The fraction of sp³-hybridized carbons (Fsp3) is 0.333. The van der Waals surface area contributed by atoms with Gasteiger partial charge in [-0.3, -0.25) is 0 Å². The molecule has 1 heterocycles. The fourth-order valence-electron chi connectivity index (χ4n) is 2.31. The molecule has 0 spiro atoms. The third kappa shape index (κ3) is 2.44. The van der Waals surface area contributed by atoms with Crippen molar-refractivity contribution in [3.05, 3.63) is 41.1 Å². The van der Waals surface area contributed by atoms with E-state index in [1.165, 1.54) is 24.0 Å². The Labute approximate surface area is 113 Å². The van der Waals surface area contributed by atoms with E-state index in [1.54, 1.807) is 0 Å². The molecule has 4 nitrogen and oxygen atoms in total. The minimum absolute atomic E-state index is 0.583. The van der Waals surface area contributed by atoms with Gasteiger partial charge < -0.3 is 5.43 Å². The maximum atomic E-state index is 5.51. The first-order valence-corrected chi connectivity index (χ1v) is 6.60. The summed E-state index contributed by atoms with van der Waals surface area (Å²) in [6.45, 7) is 4.18. The number of hydrogen-bond donors (Lipinski definition) is 2. The molecule has 0 bridgehead atoms. The third-order valence-electron chi connectivity index (χ3n) is 3.51. The summed E-state index contributed by atoms with van der Waals surface area (Å²) in [7, 11) is 0. The second kappa shape index (κ2) is 4.63. The third-order valence-corrected chi connectivity index (χ3v) is 3.51. The van der Waals surface area contributed by atoms with E-state index in [9.17, 15) is 0 Å². The number of nitrogens with two attached hydrogens (primary N) is 1. The molecule has 1 saturated carbocycles. The fourth-order valence-corrected chi connectivity index (χ4v) is 2.31. The Bertz CT molecular complexity index is 618. The van der Waals surface area contributed by atoms with Crippen molar-refractivity contribution in [2.75, 3.05) is 5.43 Å². The first-order valence-electron chi connectivity index (χ1n) is 6.60. The molecule has 1 aliphatic carbocycles. The van der Waals surface area contributed by atoms with E-state index in [2.05, 4.69) is 42.5 Å². The summed E-state index contributed by atoms with van der Waals surface area (Å²) >= 11 is 0. The predicted molar refractivity (Wildman–Crippen MR) is 76.7 cm³/mol. The first-order chi connectivity index (χ1) is 9.17. The number of hydrazine groups is 1. The lowest BCUT2D eigenvalue weighted by atomic mass is 10.0. The molecule has 0 atom stereocenters. The zero-order valence-electron chi connectivity index (χ0n) is 11.3. The summed E-state index contributed by atoms with van der Waals surface area (Å²) in [6.07, 6.45) is 2.43. The average molecular weight is 254 g/mol. The molecule has 0 aliphatic heterocycles. The molecule has 0 saturated heterocycles. The van der Waals surface area contributed by atoms with Gasteiger partial charge >= 0.3 is 0 Å². The summed E-state index contributed by atoms with van der Waals surface area (Å²) in [4.78, 5) is 9.17. The van der Waals surface area contributed by atoms with Crippen molar-refractivity contribution in [3.8, 4) is 11.4 Å². The summed E-state index contributed by atoms with van der Waals surface area (Å²) in [5.41, 5.74) is 7.25. The van der Waals surface area contributed by atoms with E-state index >= 15 is 0 Å². The number of aryl methyl sites for hydroxylation is 2. The number of nitrogens with one attached hydrogen (secondary N) is 1. The Hall–Kier alpha value is -1.94. The van der Waals surface area contributed by atoms with Crippen LogP contribution in [0.25, 0.3) is 11.4 Å². The molecule has 1 aromatic carbocycles. The van der Waals surface area contributed by atoms with Gasteiger partial charge in [-0.15, -0.1) is 0 Å². The minimum Gasteiger partial charge on any atom is -0.308 e. The summed E-state index contributed by atoms with van der Waals surface area (Å²) in [6, 6.07) is 8.27. The van der Waals surface area contributed by atoms with E-state index in [4.69, 9.17) is 10.8 Å². The predicted octanol–water partition coefficient (Wildman–Crippen LogP) is 2.92. The molecule has 1 fully saturated rings. The highest BCUT2D eigenvalue weighted by Gasteiger charge is 2.26. The Morgan fingerprint density at radius 1 is 1.16 bits per heavy atom. The SMILES string of the molecule is Cc1ccc(-c2nc(NN)cc(C3CC3)n2)c(C)c1. The second-order valence-corrected chi connectivity index (χ2v) is 5.24. The van der Waals surface area contributed by atoms with Crippen LogP contribution in [0.15, 0.2) is 24.3 Å². The minimum atomic E-state index is 0.583. The molecule has 2 aromatic rings. The van der Waals surface area contributed by atoms with Gasteiger partial charge in [0, 0.05) is 23.2 Å². The van der Waals surface area contributed by atoms with Crippen LogP contribution in [0.2, 0.25) is 0 Å².